The third kappa shape index (κ3) is 2.65. The minimum atomic E-state index is -1.05. The maximum absolute atomic E-state index is 13.9. The normalized spacial score (nSPS) is 12.5. The Balaban J connectivity index is 2.56. The Bertz CT molecular complexity index is 602. The number of halogens is 2. The van der Waals surface area contributed by atoms with Crippen LogP contribution in [0, 0.1) is 26.6 Å². The van der Waals surface area contributed by atoms with Gasteiger partial charge in [-0.25, -0.2) is 4.39 Å². The molecule has 0 spiro atoms. The first-order valence-electron chi connectivity index (χ1n) is 6.11. The minimum absolute atomic E-state index is 0.135. The second kappa shape index (κ2) is 5.32. The molecule has 0 aromatic heterocycles. The lowest BCUT2D eigenvalue weighted by atomic mass is 9.93. The van der Waals surface area contributed by atoms with Crippen LogP contribution in [0.3, 0.4) is 0 Å². The quantitative estimate of drug-likeness (QED) is 0.858. The maximum atomic E-state index is 13.9. The molecule has 1 unspecified atom stereocenters. The van der Waals surface area contributed by atoms with E-state index >= 15 is 0 Å². The molecule has 0 saturated heterocycles. The Morgan fingerprint density at radius 1 is 1.05 bits per heavy atom. The van der Waals surface area contributed by atoms with Crippen LogP contribution in [0.1, 0.15) is 33.9 Å². The van der Waals surface area contributed by atoms with Crippen LogP contribution in [-0.2, 0) is 0 Å². The van der Waals surface area contributed by atoms with E-state index in [1.54, 1.807) is 6.07 Å². The number of hydrogen-bond acceptors (Lipinski definition) is 1. The number of benzene rings is 2. The van der Waals surface area contributed by atoms with Crippen molar-refractivity contribution in [2.75, 3.05) is 0 Å². The van der Waals surface area contributed by atoms with Gasteiger partial charge in [-0.2, -0.15) is 0 Å². The summed E-state index contributed by atoms with van der Waals surface area (Å²) in [7, 11) is 0. The van der Waals surface area contributed by atoms with Crippen LogP contribution in [0.5, 0.6) is 0 Å². The topological polar surface area (TPSA) is 20.2 Å². The Labute approximate surface area is 117 Å². The molecule has 1 atom stereocenters. The molecule has 3 heteroatoms. The van der Waals surface area contributed by atoms with Gasteiger partial charge in [0.2, 0.25) is 0 Å². The highest BCUT2D eigenvalue weighted by atomic mass is 35.5. The van der Waals surface area contributed by atoms with Crippen LogP contribution in [0.4, 0.5) is 4.39 Å². The molecular formula is C16H16ClFO. The van der Waals surface area contributed by atoms with E-state index in [2.05, 4.69) is 0 Å². The molecule has 1 N–H and O–H groups in total. The molecular weight excluding hydrogens is 263 g/mol. The van der Waals surface area contributed by atoms with E-state index < -0.39 is 11.9 Å². The predicted octanol–water partition coefficient (Wildman–Crippen LogP) is 4.49. The van der Waals surface area contributed by atoms with Crippen LogP contribution >= 0.6 is 11.6 Å². The fourth-order valence-electron chi connectivity index (χ4n) is 2.20. The van der Waals surface area contributed by atoms with Crippen molar-refractivity contribution in [2.24, 2.45) is 0 Å². The van der Waals surface area contributed by atoms with Crippen molar-refractivity contribution in [1.29, 1.82) is 0 Å². The number of aryl methyl sites for hydroxylation is 3. The Morgan fingerprint density at radius 3 is 2.32 bits per heavy atom. The predicted molar refractivity (Wildman–Crippen MR) is 76.1 cm³/mol. The monoisotopic (exact) mass is 278 g/mol. The maximum Gasteiger partial charge on any atom is 0.130 e. The standard InChI is InChI=1S/C16H16ClFO/c1-9-7-11(3)12(8-10(9)2)16(19)15-13(17)5-4-6-14(15)18/h4-8,16,19H,1-3H3. The van der Waals surface area contributed by atoms with Gasteiger partial charge in [-0.3, -0.25) is 0 Å². The van der Waals surface area contributed by atoms with Gasteiger partial charge in [0.05, 0.1) is 0 Å². The molecule has 2 rings (SSSR count). The van der Waals surface area contributed by atoms with Crippen molar-refractivity contribution in [3.63, 3.8) is 0 Å². The van der Waals surface area contributed by atoms with Gasteiger partial charge >= 0.3 is 0 Å². The van der Waals surface area contributed by atoms with Crippen LogP contribution in [0.2, 0.25) is 5.02 Å². The molecule has 0 heterocycles. The summed E-state index contributed by atoms with van der Waals surface area (Å²) in [4.78, 5) is 0. The molecule has 0 saturated carbocycles. The molecule has 0 aliphatic heterocycles. The summed E-state index contributed by atoms with van der Waals surface area (Å²) in [5, 5.41) is 10.7. The molecule has 100 valence electrons. The molecule has 0 fully saturated rings. The molecule has 0 aliphatic rings. The summed E-state index contributed by atoms with van der Waals surface area (Å²) in [6, 6.07) is 8.29. The second-order valence-electron chi connectivity index (χ2n) is 4.83. The molecule has 2 aromatic carbocycles. The molecule has 0 aliphatic carbocycles. The summed E-state index contributed by atoms with van der Waals surface area (Å²) in [6.45, 7) is 5.88. The first kappa shape index (κ1) is 14.0. The average Bonchev–Trinajstić information content (AvgIpc) is 2.33. The molecule has 19 heavy (non-hydrogen) atoms. The number of hydrogen-bond donors (Lipinski definition) is 1. The highest BCUT2D eigenvalue weighted by Crippen LogP contribution is 2.33. The van der Waals surface area contributed by atoms with E-state index in [1.807, 2.05) is 32.9 Å². The third-order valence-corrected chi connectivity index (χ3v) is 3.78. The van der Waals surface area contributed by atoms with Crippen molar-refractivity contribution in [2.45, 2.75) is 26.9 Å². The van der Waals surface area contributed by atoms with Gasteiger partial charge in [-0.15, -0.1) is 0 Å². The molecule has 0 radical (unpaired) electrons. The lowest BCUT2D eigenvalue weighted by Crippen LogP contribution is -2.06. The van der Waals surface area contributed by atoms with Crippen molar-refractivity contribution < 1.29 is 9.50 Å². The van der Waals surface area contributed by atoms with E-state index in [0.717, 1.165) is 16.7 Å². The van der Waals surface area contributed by atoms with Gasteiger partial charge in [0.1, 0.15) is 11.9 Å². The number of rotatable bonds is 2. The van der Waals surface area contributed by atoms with Crippen LogP contribution in [0.15, 0.2) is 30.3 Å². The first-order chi connectivity index (χ1) is 8.91. The Kier molecular flexibility index (Phi) is 3.93. The number of aliphatic hydroxyl groups is 1. The largest absolute Gasteiger partial charge is 0.383 e. The molecule has 2 aromatic rings. The molecule has 1 nitrogen and oxygen atoms in total. The zero-order valence-electron chi connectivity index (χ0n) is 11.2. The molecule has 0 bridgehead atoms. The van der Waals surface area contributed by atoms with Crippen molar-refractivity contribution >= 4 is 11.6 Å². The van der Waals surface area contributed by atoms with Gasteiger partial charge in [-0.1, -0.05) is 29.8 Å². The Morgan fingerprint density at radius 2 is 1.68 bits per heavy atom. The summed E-state index contributed by atoms with van der Waals surface area (Å²) in [5.41, 5.74) is 3.96. The lowest BCUT2D eigenvalue weighted by molar-refractivity contribution is 0.214. The SMILES string of the molecule is Cc1cc(C)c(C(O)c2c(F)cccc2Cl)cc1C. The molecule has 0 amide bonds. The van der Waals surface area contributed by atoms with E-state index in [4.69, 9.17) is 11.6 Å². The summed E-state index contributed by atoms with van der Waals surface area (Å²) >= 11 is 6.00. The Hall–Kier alpha value is -1.38. The van der Waals surface area contributed by atoms with Gasteiger partial charge in [0, 0.05) is 10.6 Å². The lowest BCUT2D eigenvalue weighted by Gasteiger charge is -2.18. The van der Waals surface area contributed by atoms with Crippen LogP contribution in [0.25, 0.3) is 0 Å². The van der Waals surface area contributed by atoms with E-state index in [1.165, 1.54) is 12.1 Å². The summed E-state index contributed by atoms with van der Waals surface area (Å²) < 4.78 is 13.9. The van der Waals surface area contributed by atoms with Gasteiger partial charge in [0.15, 0.2) is 0 Å². The zero-order valence-corrected chi connectivity index (χ0v) is 11.9. The van der Waals surface area contributed by atoms with Gasteiger partial charge in [0.25, 0.3) is 0 Å². The van der Waals surface area contributed by atoms with Gasteiger partial charge in [-0.05, 0) is 55.2 Å². The van der Waals surface area contributed by atoms with Crippen LogP contribution < -0.4 is 0 Å². The smallest absolute Gasteiger partial charge is 0.130 e. The third-order valence-electron chi connectivity index (χ3n) is 3.45. The highest BCUT2D eigenvalue weighted by Gasteiger charge is 2.20. The number of aliphatic hydroxyl groups excluding tert-OH is 1. The van der Waals surface area contributed by atoms with E-state index in [0.29, 0.717) is 5.56 Å². The zero-order chi connectivity index (χ0) is 14.2. The second-order valence-corrected chi connectivity index (χ2v) is 5.24. The van der Waals surface area contributed by atoms with Crippen LogP contribution in [-0.4, -0.2) is 5.11 Å². The van der Waals surface area contributed by atoms with Crippen molar-refractivity contribution in [3.8, 4) is 0 Å². The fraction of sp³-hybridized carbons (Fsp3) is 0.250. The minimum Gasteiger partial charge on any atom is -0.383 e. The van der Waals surface area contributed by atoms with E-state index in [9.17, 15) is 9.50 Å². The van der Waals surface area contributed by atoms with Crippen molar-refractivity contribution in [1.82, 2.24) is 0 Å². The highest BCUT2D eigenvalue weighted by molar-refractivity contribution is 6.31. The first-order valence-corrected chi connectivity index (χ1v) is 6.49. The van der Waals surface area contributed by atoms with Gasteiger partial charge < -0.3 is 5.11 Å². The summed E-state index contributed by atoms with van der Waals surface area (Å²) in [6.07, 6.45) is -1.05. The van der Waals surface area contributed by atoms with Crippen molar-refractivity contribution in [3.05, 3.63) is 69.0 Å². The van der Waals surface area contributed by atoms with E-state index in [-0.39, 0.29) is 10.6 Å². The summed E-state index contributed by atoms with van der Waals surface area (Å²) in [5.74, 6) is -0.488. The average molecular weight is 279 g/mol. The fourth-order valence-corrected chi connectivity index (χ4v) is 2.47.